The molecule has 2 rings (SSSR count). The maximum absolute atomic E-state index is 11.9. The van der Waals surface area contributed by atoms with Gasteiger partial charge in [0.25, 0.3) is 0 Å². The first-order valence-electron chi connectivity index (χ1n) is 7.55. The summed E-state index contributed by atoms with van der Waals surface area (Å²) >= 11 is 1.57. The number of rotatable bonds is 6. The number of nitrogens with one attached hydrogen (secondary N) is 2. The van der Waals surface area contributed by atoms with Crippen LogP contribution in [-0.2, 0) is 11.3 Å². The Morgan fingerprint density at radius 2 is 2.27 bits per heavy atom. The summed E-state index contributed by atoms with van der Waals surface area (Å²) in [6.07, 6.45) is 1.95. The van der Waals surface area contributed by atoms with Crippen molar-refractivity contribution in [3.8, 4) is 6.07 Å². The normalized spacial score (nSPS) is 15.9. The Bertz CT molecular complexity index is 552. The third-order valence-electron chi connectivity index (χ3n) is 3.34. The average molecular weight is 321 g/mol. The van der Waals surface area contributed by atoms with Gasteiger partial charge >= 0.3 is 6.09 Å². The minimum Gasteiger partial charge on any atom is -0.444 e. The highest BCUT2D eigenvalue weighted by Gasteiger charge is 2.33. The maximum atomic E-state index is 11.9. The fraction of sp³-hybridized carbons (Fsp3) is 0.625. The SMILES string of the molecule is CC(C)(C)OC(=O)NC(CNCc1cc(C#N)cs1)C1CC1. The van der Waals surface area contributed by atoms with Crippen LogP contribution in [0.15, 0.2) is 11.4 Å². The van der Waals surface area contributed by atoms with Crippen molar-refractivity contribution in [2.75, 3.05) is 6.54 Å². The van der Waals surface area contributed by atoms with Crippen LogP contribution in [0.1, 0.15) is 44.1 Å². The van der Waals surface area contributed by atoms with Gasteiger partial charge in [0.1, 0.15) is 11.7 Å². The lowest BCUT2D eigenvalue weighted by Crippen LogP contribution is -2.45. The van der Waals surface area contributed by atoms with E-state index in [0.29, 0.717) is 24.6 Å². The van der Waals surface area contributed by atoms with Gasteiger partial charge in [-0.15, -0.1) is 11.3 Å². The molecule has 120 valence electrons. The van der Waals surface area contributed by atoms with Crippen LogP contribution in [0.4, 0.5) is 4.79 Å². The quantitative estimate of drug-likeness (QED) is 0.844. The fourth-order valence-electron chi connectivity index (χ4n) is 2.18. The number of thiophene rings is 1. The summed E-state index contributed by atoms with van der Waals surface area (Å²) in [5.74, 6) is 0.540. The highest BCUT2D eigenvalue weighted by Crippen LogP contribution is 2.32. The first-order valence-corrected chi connectivity index (χ1v) is 8.43. The summed E-state index contributed by atoms with van der Waals surface area (Å²) in [6.45, 7) is 7.01. The van der Waals surface area contributed by atoms with Gasteiger partial charge in [-0.25, -0.2) is 4.79 Å². The second kappa shape index (κ2) is 7.12. The number of alkyl carbamates (subject to hydrolysis) is 1. The number of hydrogen-bond donors (Lipinski definition) is 2. The van der Waals surface area contributed by atoms with E-state index < -0.39 is 5.60 Å². The predicted molar refractivity (Wildman–Crippen MR) is 86.6 cm³/mol. The molecule has 1 amide bonds. The molecule has 1 heterocycles. The number of carbonyl (C=O) groups is 1. The minimum atomic E-state index is -0.476. The molecule has 0 spiro atoms. The molecule has 0 bridgehead atoms. The van der Waals surface area contributed by atoms with Gasteiger partial charge in [-0.2, -0.15) is 5.26 Å². The van der Waals surface area contributed by atoms with Crippen LogP contribution in [-0.4, -0.2) is 24.3 Å². The second-order valence-electron chi connectivity index (χ2n) is 6.63. The standard InChI is InChI=1S/C16H23N3O2S/c1-16(2,3)21-15(20)19-14(12-4-5-12)9-18-8-13-6-11(7-17)10-22-13/h6,10,12,14,18H,4-5,8-9H2,1-3H3,(H,19,20). The number of nitrogens with zero attached hydrogens (tertiary/aromatic N) is 1. The molecular formula is C16H23N3O2S. The largest absolute Gasteiger partial charge is 0.444 e. The fourth-order valence-corrected chi connectivity index (χ4v) is 2.96. The third-order valence-corrected chi connectivity index (χ3v) is 4.28. The molecule has 1 aliphatic carbocycles. The van der Waals surface area contributed by atoms with E-state index in [4.69, 9.17) is 10.00 Å². The van der Waals surface area contributed by atoms with Crippen LogP contribution in [0, 0.1) is 17.2 Å². The summed E-state index contributed by atoms with van der Waals surface area (Å²) < 4.78 is 5.32. The van der Waals surface area contributed by atoms with E-state index in [0.717, 1.165) is 17.7 Å². The Kier molecular flexibility index (Phi) is 5.43. The molecule has 0 saturated heterocycles. The molecule has 1 aliphatic rings. The van der Waals surface area contributed by atoms with Gasteiger partial charge in [-0.3, -0.25) is 0 Å². The zero-order valence-corrected chi connectivity index (χ0v) is 14.1. The summed E-state index contributed by atoms with van der Waals surface area (Å²) in [6, 6.07) is 4.13. The molecule has 0 aliphatic heterocycles. The first-order chi connectivity index (χ1) is 10.4. The number of ether oxygens (including phenoxy) is 1. The monoisotopic (exact) mass is 321 g/mol. The van der Waals surface area contributed by atoms with Gasteiger partial charge in [-0.1, -0.05) is 0 Å². The smallest absolute Gasteiger partial charge is 0.407 e. The zero-order valence-electron chi connectivity index (χ0n) is 13.3. The number of nitriles is 1. The van der Waals surface area contributed by atoms with Gasteiger partial charge < -0.3 is 15.4 Å². The predicted octanol–water partition coefficient (Wildman–Crippen LogP) is 3.01. The van der Waals surface area contributed by atoms with E-state index in [1.165, 1.54) is 0 Å². The van der Waals surface area contributed by atoms with E-state index in [-0.39, 0.29) is 12.1 Å². The molecule has 0 aromatic carbocycles. The van der Waals surface area contributed by atoms with Gasteiger partial charge in [0.05, 0.1) is 5.56 Å². The molecule has 1 unspecified atom stereocenters. The summed E-state index contributed by atoms with van der Waals surface area (Å²) in [7, 11) is 0. The molecule has 5 nitrogen and oxygen atoms in total. The van der Waals surface area contributed by atoms with Gasteiger partial charge in [0.2, 0.25) is 0 Å². The van der Waals surface area contributed by atoms with Crippen LogP contribution in [0.25, 0.3) is 0 Å². The van der Waals surface area contributed by atoms with Crippen molar-refractivity contribution in [1.82, 2.24) is 10.6 Å². The van der Waals surface area contributed by atoms with Crippen LogP contribution < -0.4 is 10.6 Å². The Labute approximate surface area is 135 Å². The maximum Gasteiger partial charge on any atom is 0.407 e. The Morgan fingerprint density at radius 3 is 2.82 bits per heavy atom. The third kappa shape index (κ3) is 5.66. The molecular weight excluding hydrogens is 298 g/mol. The number of carbonyl (C=O) groups excluding carboxylic acids is 1. The van der Waals surface area contributed by atoms with Crippen LogP contribution >= 0.6 is 11.3 Å². The van der Waals surface area contributed by atoms with E-state index in [2.05, 4.69) is 16.7 Å². The van der Waals surface area contributed by atoms with Crippen molar-refractivity contribution in [2.45, 2.75) is 51.8 Å². The molecule has 2 N–H and O–H groups in total. The van der Waals surface area contributed by atoms with Crippen molar-refractivity contribution < 1.29 is 9.53 Å². The average Bonchev–Trinajstić information content (AvgIpc) is 3.15. The first kappa shape index (κ1) is 16.8. The molecule has 1 fully saturated rings. The van der Waals surface area contributed by atoms with E-state index >= 15 is 0 Å². The molecule has 22 heavy (non-hydrogen) atoms. The topological polar surface area (TPSA) is 74.2 Å². The zero-order chi connectivity index (χ0) is 16.2. The second-order valence-corrected chi connectivity index (χ2v) is 7.63. The summed E-state index contributed by atoms with van der Waals surface area (Å²) in [5.41, 5.74) is 0.225. The van der Waals surface area contributed by atoms with E-state index in [1.807, 2.05) is 32.2 Å². The van der Waals surface area contributed by atoms with E-state index in [1.54, 1.807) is 11.3 Å². The summed E-state index contributed by atoms with van der Waals surface area (Å²) in [5, 5.41) is 17.0. The lowest BCUT2D eigenvalue weighted by atomic mass is 10.2. The Balaban J connectivity index is 1.77. The molecule has 6 heteroatoms. The van der Waals surface area contributed by atoms with Crippen molar-refractivity contribution >= 4 is 17.4 Å². The van der Waals surface area contributed by atoms with Crippen molar-refractivity contribution in [2.24, 2.45) is 5.92 Å². The number of amides is 1. The van der Waals surface area contributed by atoms with Gasteiger partial charge in [0, 0.05) is 29.4 Å². The Hall–Kier alpha value is -1.58. The van der Waals surface area contributed by atoms with Crippen molar-refractivity contribution in [3.05, 3.63) is 21.9 Å². The lowest BCUT2D eigenvalue weighted by molar-refractivity contribution is 0.0497. The molecule has 0 radical (unpaired) electrons. The minimum absolute atomic E-state index is 0.102. The molecule has 1 aromatic heterocycles. The lowest BCUT2D eigenvalue weighted by Gasteiger charge is -2.23. The highest BCUT2D eigenvalue weighted by atomic mass is 32.1. The van der Waals surface area contributed by atoms with Crippen LogP contribution in [0.5, 0.6) is 0 Å². The van der Waals surface area contributed by atoms with Crippen molar-refractivity contribution in [3.63, 3.8) is 0 Å². The van der Waals surface area contributed by atoms with Crippen LogP contribution in [0.3, 0.4) is 0 Å². The van der Waals surface area contributed by atoms with Gasteiger partial charge in [0.15, 0.2) is 0 Å². The van der Waals surface area contributed by atoms with Crippen LogP contribution in [0.2, 0.25) is 0 Å². The van der Waals surface area contributed by atoms with E-state index in [9.17, 15) is 4.79 Å². The highest BCUT2D eigenvalue weighted by molar-refractivity contribution is 7.10. The number of hydrogen-bond acceptors (Lipinski definition) is 5. The van der Waals surface area contributed by atoms with Gasteiger partial charge in [-0.05, 0) is 45.6 Å². The molecule has 1 saturated carbocycles. The molecule has 1 atom stereocenters. The Morgan fingerprint density at radius 1 is 1.55 bits per heavy atom. The summed E-state index contributed by atoms with van der Waals surface area (Å²) in [4.78, 5) is 13.0. The molecule has 1 aromatic rings. The van der Waals surface area contributed by atoms with Crippen molar-refractivity contribution in [1.29, 1.82) is 5.26 Å².